The van der Waals surface area contributed by atoms with E-state index in [0.29, 0.717) is 32.5 Å². The number of amides is 1. The maximum absolute atomic E-state index is 11.8. The van der Waals surface area contributed by atoms with Gasteiger partial charge in [0, 0.05) is 45.4 Å². The first kappa shape index (κ1) is 15.4. The molecule has 7 heteroatoms. The largest absolute Gasteiger partial charge is 0.395 e. The van der Waals surface area contributed by atoms with E-state index >= 15 is 0 Å². The van der Waals surface area contributed by atoms with E-state index in [0.717, 1.165) is 13.1 Å². The van der Waals surface area contributed by atoms with E-state index in [4.69, 9.17) is 5.11 Å². The van der Waals surface area contributed by atoms with Crippen LogP contribution in [0.5, 0.6) is 0 Å². The van der Waals surface area contributed by atoms with Gasteiger partial charge in [-0.1, -0.05) is 0 Å². The van der Waals surface area contributed by atoms with Gasteiger partial charge in [-0.15, -0.1) is 0 Å². The summed E-state index contributed by atoms with van der Waals surface area (Å²) in [6.07, 6.45) is 1.88. The lowest BCUT2D eigenvalue weighted by Gasteiger charge is -2.34. The van der Waals surface area contributed by atoms with E-state index in [9.17, 15) is 13.2 Å². The van der Waals surface area contributed by atoms with Gasteiger partial charge < -0.3 is 10.0 Å². The average Bonchev–Trinajstić information content (AvgIpc) is 2.28. The van der Waals surface area contributed by atoms with Crippen molar-refractivity contribution in [1.82, 2.24) is 9.80 Å². The van der Waals surface area contributed by atoms with Crippen molar-refractivity contribution in [2.45, 2.75) is 12.8 Å². The summed E-state index contributed by atoms with van der Waals surface area (Å²) in [6, 6.07) is 0. The Kier molecular flexibility index (Phi) is 6.04. The zero-order valence-corrected chi connectivity index (χ0v) is 11.7. The van der Waals surface area contributed by atoms with Gasteiger partial charge in [-0.2, -0.15) is 0 Å². The van der Waals surface area contributed by atoms with Crippen molar-refractivity contribution in [2.24, 2.45) is 0 Å². The van der Waals surface area contributed by atoms with E-state index in [-0.39, 0.29) is 18.3 Å². The molecule has 1 aliphatic heterocycles. The quantitative estimate of drug-likeness (QED) is 0.670. The minimum atomic E-state index is -2.97. The van der Waals surface area contributed by atoms with Gasteiger partial charge in [0.05, 0.1) is 12.4 Å². The minimum absolute atomic E-state index is 0.0299. The van der Waals surface area contributed by atoms with Crippen molar-refractivity contribution in [3.05, 3.63) is 0 Å². The van der Waals surface area contributed by atoms with E-state index < -0.39 is 9.84 Å². The van der Waals surface area contributed by atoms with Crippen LogP contribution in [0.25, 0.3) is 0 Å². The maximum Gasteiger partial charge on any atom is 0.222 e. The fourth-order valence-corrected chi connectivity index (χ4v) is 2.67. The zero-order valence-electron chi connectivity index (χ0n) is 10.8. The lowest BCUT2D eigenvalue weighted by Crippen LogP contribution is -2.49. The normalized spacial score (nSPS) is 18.0. The Labute approximate surface area is 108 Å². The van der Waals surface area contributed by atoms with Crippen molar-refractivity contribution in [3.8, 4) is 0 Å². The number of nitrogens with zero attached hydrogens (tertiary/aromatic N) is 2. The number of carbonyl (C=O) groups excluding carboxylic acids is 1. The average molecular weight is 278 g/mol. The lowest BCUT2D eigenvalue weighted by atomic mass is 10.2. The van der Waals surface area contributed by atoms with E-state index in [2.05, 4.69) is 4.90 Å². The van der Waals surface area contributed by atoms with Crippen LogP contribution >= 0.6 is 0 Å². The SMILES string of the molecule is CS(=O)(=O)CCCC(=O)N1CCN(CCO)CC1. The zero-order chi connectivity index (χ0) is 13.6. The first-order valence-electron chi connectivity index (χ1n) is 6.21. The number of aliphatic hydroxyl groups excluding tert-OH is 1. The van der Waals surface area contributed by atoms with Crippen LogP contribution in [0.4, 0.5) is 0 Å². The van der Waals surface area contributed by atoms with Crippen LogP contribution in [0.3, 0.4) is 0 Å². The maximum atomic E-state index is 11.8. The molecule has 0 bridgehead atoms. The summed E-state index contributed by atoms with van der Waals surface area (Å²) in [5.74, 6) is 0.103. The summed E-state index contributed by atoms with van der Waals surface area (Å²) in [5.41, 5.74) is 0. The molecule has 1 N–H and O–H groups in total. The molecule has 0 spiro atoms. The fraction of sp³-hybridized carbons (Fsp3) is 0.909. The first-order valence-corrected chi connectivity index (χ1v) is 8.27. The number of rotatable bonds is 6. The monoisotopic (exact) mass is 278 g/mol. The Bertz CT molecular complexity index is 361. The van der Waals surface area contributed by atoms with Crippen LogP contribution in [-0.4, -0.2) is 80.6 Å². The molecule has 1 aliphatic rings. The van der Waals surface area contributed by atoms with Crippen molar-refractivity contribution in [3.63, 3.8) is 0 Å². The molecule has 0 aromatic heterocycles. The molecule has 0 unspecified atom stereocenters. The molecule has 1 amide bonds. The number of carbonyl (C=O) groups is 1. The fourth-order valence-electron chi connectivity index (χ4n) is 2.01. The Hall–Kier alpha value is -0.660. The van der Waals surface area contributed by atoms with Gasteiger partial charge in [0.25, 0.3) is 0 Å². The molecule has 0 aliphatic carbocycles. The number of sulfone groups is 1. The highest BCUT2D eigenvalue weighted by Gasteiger charge is 2.20. The number of piperazine rings is 1. The molecular weight excluding hydrogens is 256 g/mol. The van der Waals surface area contributed by atoms with Gasteiger partial charge in [0.1, 0.15) is 9.84 Å². The predicted molar refractivity (Wildman–Crippen MR) is 69.1 cm³/mol. The summed E-state index contributed by atoms with van der Waals surface area (Å²) in [7, 11) is -2.97. The molecule has 0 atom stereocenters. The summed E-state index contributed by atoms with van der Waals surface area (Å²) < 4.78 is 21.9. The van der Waals surface area contributed by atoms with Gasteiger partial charge in [-0.25, -0.2) is 8.42 Å². The third-order valence-electron chi connectivity index (χ3n) is 3.05. The minimum Gasteiger partial charge on any atom is -0.395 e. The molecule has 1 heterocycles. The smallest absolute Gasteiger partial charge is 0.222 e. The van der Waals surface area contributed by atoms with Crippen molar-refractivity contribution in [2.75, 3.05) is 51.3 Å². The molecule has 0 aromatic rings. The Morgan fingerprint density at radius 2 is 1.83 bits per heavy atom. The Morgan fingerprint density at radius 3 is 2.33 bits per heavy atom. The van der Waals surface area contributed by atoms with Crippen molar-refractivity contribution < 1.29 is 18.3 Å². The molecule has 0 radical (unpaired) electrons. The molecule has 106 valence electrons. The second-order valence-electron chi connectivity index (χ2n) is 4.68. The predicted octanol–water partition coefficient (Wildman–Crippen LogP) is -1.05. The number of β-amino-alcohol motifs (C(OH)–C–C–N with tert-alkyl or cyclic N) is 1. The molecule has 1 fully saturated rings. The summed E-state index contributed by atoms with van der Waals surface area (Å²) in [5, 5.41) is 8.81. The van der Waals surface area contributed by atoms with Crippen LogP contribution in [0.15, 0.2) is 0 Å². The lowest BCUT2D eigenvalue weighted by molar-refractivity contribution is -0.133. The summed E-state index contributed by atoms with van der Waals surface area (Å²) in [6.45, 7) is 3.67. The second-order valence-corrected chi connectivity index (χ2v) is 6.94. The van der Waals surface area contributed by atoms with Gasteiger partial charge in [0.2, 0.25) is 5.91 Å². The number of hydrogen-bond acceptors (Lipinski definition) is 5. The molecule has 1 saturated heterocycles. The summed E-state index contributed by atoms with van der Waals surface area (Å²) >= 11 is 0. The third-order valence-corrected chi connectivity index (χ3v) is 4.08. The van der Waals surface area contributed by atoms with Crippen LogP contribution in [0.2, 0.25) is 0 Å². The second kappa shape index (κ2) is 7.06. The van der Waals surface area contributed by atoms with E-state index in [1.54, 1.807) is 4.90 Å². The van der Waals surface area contributed by atoms with Crippen LogP contribution in [0.1, 0.15) is 12.8 Å². The van der Waals surface area contributed by atoms with E-state index in [1.165, 1.54) is 6.26 Å². The Morgan fingerprint density at radius 1 is 1.22 bits per heavy atom. The summed E-state index contributed by atoms with van der Waals surface area (Å²) in [4.78, 5) is 15.7. The molecule has 6 nitrogen and oxygen atoms in total. The number of hydrogen-bond donors (Lipinski definition) is 1. The van der Waals surface area contributed by atoms with Crippen molar-refractivity contribution >= 4 is 15.7 Å². The van der Waals surface area contributed by atoms with Gasteiger partial charge in [-0.3, -0.25) is 9.69 Å². The molecule has 18 heavy (non-hydrogen) atoms. The molecule has 0 aromatic carbocycles. The van der Waals surface area contributed by atoms with Crippen LogP contribution in [-0.2, 0) is 14.6 Å². The Balaban J connectivity index is 2.24. The van der Waals surface area contributed by atoms with Gasteiger partial charge in [-0.05, 0) is 6.42 Å². The first-order chi connectivity index (χ1) is 8.42. The highest BCUT2D eigenvalue weighted by molar-refractivity contribution is 7.90. The standard InChI is InChI=1S/C11H22N2O4S/c1-18(16,17)10-2-3-11(15)13-6-4-12(5-7-13)8-9-14/h14H,2-10H2,1H3. The highest BCUT2D eigenvalue weighted by atomic mass is 32.2. The molecule has 0 saturated carbocycles. The topological polar surface area (TPSA) is 77.9 Å². The van der Waals surface area contributed by atoms with Gasteiger partial charge >= 0.3 is 0 Å². The molecular formula is C11H22N2O4S. The van der Waals surface area contributed by atoms with Crippen LogP contribution < -0.4 is 0 Å². The molecule has 1 rings (SSSR count). The third kappa shape index (κ3) is 5.79. The number of aliphatic hydroxyl groups is 1. The highest BCUT2D eigenvalue weighted by Crippen LogP contribution is 2.05. The van der Waals surface area contributed by atoms with E-state index in [1.807, 2.05) is 0 Å². The van der Waals surface area contributed by atoms with Gasteiger partial charge in [0.15, 0.2) is 0 Å². The van der Waals surface area contributed by atoms with Crippen molar-refractivity contribution in [1.29, 1.82) is 0 Å². The van der Waals surface area contributed by atoms with Crippen LogP contribution in [0, 0.1) is 0 Å².